The molecule has 2 aliphatic rings. The average molecular weight is 609 g/mol. The lowest BCUT2D eigenvalue weighted by atomic mass is 9.70. The van der Waals surface area contributed by atoms with Gasteiger partial charge in [0.05, 0.1) is 20.5 Å². The average Bonchev–Trinajstić information content (AvgIpc) is 3.05. The summed E-state index contributed by atoms with van der Waals surface area (Å²) in [5.41, 5.74) is 4.79. The second kappa shape index (κ2) is 21.0. The van der Waals surface area contributed by atoms with Gasteiger partial charge in [0, 0.05) is 6.07 Å². The smallest absolute Gasteiger partial charge is 0.183 e. The SMILES string of the molecule is C/C=C/CCC1CCC(C2CC=C(c3ccc(-c4cc(OOC)cc(OOOC)c4)cc3)CC2)CC1.C=C(O)C=O.C=CO. The molecule has 44 heavy (non-hydrogen) atoms. The maximum absolute atomic E-state index is 9.16. The number of hydrogen-bond acceptors (Lipinski definition) is 8. The predicted molar refractivity (Wildman–Crippen MR) is 174 cm³/mol. The van der Waals surface area contributed by atoms with E-state index in [4.69, 9.17) is 29.7 Å². The van der Waals surface area contributed by atoms with Crippen LogP contribution in [0.15, 0.2) is 85.9 Å². The Morgan fingerprint density at radius 1 is 0.909 bits per heavy atom. The highest BCUT2D eigenvalue weighted by atomic mass is 17.5. The zero-order chi connectivity index (χ0) is 32.2. The molecule has 0 heterocycles. The molecule has 4 rings (SSSR count). The van der Waals surface area contributed by atoms with Gasteiger partial charge in [-0.3, -0.25) is 4.79 Å². The fourth-order valence-corrected chi connectivity index (χ4v) is 5.87. The van der Waals surface area contributed by atoms with Gasteiger partial charge in [-0.25, -0.2) is 0 Å². The van der Waals surface area contributed by atoms with Crippen molar-refractivity contribution in [2.45, 2.75) is 64.7 Å². The molecule has 2 aromatic rings. The van der Waals surface area contributed by atoms with Gasteiger partial charge in [0.25, 0.3) is 0 Å². The molecular weight excluding hydrogens is 560 g/mol. The highest BCUT2D eigenvalue weighted by Crippen LogP contribution is 2.42. The maximum Gasteiger partial charge on any atom is 0.183 e. The number of benzene rings is 2. The number of allylic oxidation sites excluding steroid dienone is 5. The van der Waals surface area contributed by atoms with E-state index in [0.717, 1.165) is 35.1 Å². The van der Waals surface area contributed by atoms with E-state index in [-0.39, 0.29) is 6.29 Å². The Bertz CT molecular complexity index is 1190. The zero-order valence-corrected chi connectivity index (χ0v) is 26.3. The van der Waals surface area contributed by atoms with Crippen molar-refractivity contribution in [2.75, 3.05) is 14.2 Å². The summed E-state index contributed by atoms with van der Waals surface area (Å²) in [6, 6.07) is 14.2. The van der Waals surface area contributed by atoms with E-state index in [9.17, 15) is 0 Å². The minimum Gasteiger partial charge on any atom is -0.516 e. The van der Waals surface area contributed by atoms with Gasteiger partial charge < -0.3 is 20.0 Å². The molecule has 8 heteroatoms. The van der Waals surface area contributed by atoms with E-state index < -0.39 is 5.76 Å². The molecule has 0 bridgehead atoms. The van der Waals surface area contributed by atoms with Crippen LogP contribution >= 0.6 is 0 Å². The van der Waals surface area contributed by atoms with Gasteiger partial charge in [-0.15, -0.1) is 0 Å². The van der Waals surface area contributed by atoms with Crippen LogP contribution in [0.2, 0.25) is 0 Å². The van der Waals surface area contributed by atoms with Crippen molar-refractivity contribution < 1.29 is 39.6 Å². The van der Waals surface area contributed by atoms with E-state index in [1.54, 1.807) is 6.07 Å². The van der Waals surface area contributed by atoms with Crippen molar-refractivity contribution in [3.05, 3.63) is 91.4 Å². The summed E-state index contributed by atoms with van der Waals surface area (Å²) in [4.78, 5) is 28.9. The van der Waals surface area contributed by atoms with Gasteiger partial charge in [-0.2, -0.15) is 9.78 Å². The van der Waals surface area contributed by atoms with Gasteiger partial charge in [0.1, 0.15) is 5.76 Å². The topological polar surface area (TPSA) is 104 Å². The molecule has 0 saturated heterocycles. The highest BCUT2D eigenvalue weighted by molar-refractivity contribution is 5.72. The molecule has 1 saturated carbocycles. The number of carbonyl (C=O) groups excluding carboxylic acids is 1. The lowest BCUT2D eigenvalue weighted by Gasteiger charge is -2.35. The molecule has 2 N–H and O–H groups in total. The zero-order valence-electron chi connectivity index (χ0n) is 26.3. The van der Waals surface area contributed by atoms with Crippen LogP contribution in [0.3, 0.4) is 0 Å². The third-order valence-corrected chi connectivity index (χ3v) is 7.97. The highest BCUT2D eigenvalue weighted by Gasteiger charge is 2.28. The summed E-state index contributed by atoms with van der Waals surface area (Å²) in [5.74, 6) is 3.27. The van der Waals surface area contributed by atoms with Crippen molar-refractivity contribution >= 4 is 11.9 Å². The van der Waals surface area contributed by atoms with E-state index in [1.807, 2.05) is 12.1 Å². The summed E-state index contributed by atoms with van der Waals surface area (Å²) in [5, 5.41) is 19.7. The van der Waals surface area contributed by atoms with Gasteiger partial charge in [-0.05, 0) is 109 Å². The third kappa shape index (κ3) is 12.8. The van der Waals surface area contributed by atoms with Crippen molar-refractivity contribution in [2.24, 2.45) is 17.8 Å². The molecule has 1 unspecified atom stereocenters. The van der Waals surface area contributed by atoms with Crippen LogP contribution in [0.4, 0.5) is 0 Å². The molecule has 0 aliphatic heterocycles. The molecule has 2 aromatic carbocycles. The first kappa shape index (κ1) is 36.3. The predicted octanol–water partition coefficient (Wildman–Crippen LogP) is 9.46. The number of aliphatic hydroxyl groups is 2. The quantitative estimate of drug-likeness (QED) is 0.0613. The van der Waals surface area contributed by atoms with Crippen LogP contribution in [0.25, 0.3) is 16.7 Å². The summed E-state index contributed by atoms with van der Waals surface area (Å²) >= 11 is 0. The number of rotatable bonds is 12. The van der Waals surface area contributed by atoms with Crippen LogP contribution in [0.5, 0.6) is 11.5 Å². The lowest BCUT2D eigenvalue weighted by Crippen LogP contribution is -2.23. The fourth-order valence-electron chi connectivity index (χ4n) is 5.87. The standard InChI is InChI=1S/C31H40O5.C3H4O2.C2H4O/c1-4-5-6-7-23-8-10-24(11-9-23)25-12-14-26(15-13-25)27-16-18-28(19-17-27)29-20-30(34-32-2)22-31(21-29)35-36-33-3;1-3(5)2-4;1-2-3/h4-5,14,16-25H,6-13,15H2,1-3H3;2,5H,1H2;2-3H,1H2/b5-4+;;. The third-order valence-electron chi connectivity index (χ3n) is 7.97. The number of carbonyl (C=O) groups is 1. The molecule has 1 fully saturated rings. The Morgan fingerprint density at radius 3 is 2.05 bits per heavy atom. The Kier molecular flexibility index (Phi) is 17.3. The largest absolute Gasteiger partial charge is 0.516 e. The molecule has 0 spiro atoms. The first-order chi connectivity index (χ1) is 21.4. The number of aldehydes is 1. The van der Waals surface area contributed by atoms with Gasteiger partial charge in [-0.1, -0.05) is 68.5 Å². The van der Waals surface area contributed by atoms with Crippen molar-refractivity contribution in [1.82, 2.24) is 0 Å². The second-order valence-corrected chi connectivity index (χ2v) is 10.8. The second-order valence-electron chi connectivity index (χ2n) is 10.8. The summed E-state index contributed by atoms with van der Waals surface area (Å²) in [6.07, 6.45) is 20.1. The maximum atomic E-state index is 9.16. The fraction of sp³-hybridized carbons (Fsp3) is 0.417. The van der Waals surface area contributed by atoms with Gasteiger partial charge >= 0.3 is 0 Å². The molecule has 0 aromatic heterocycles. The minimum absolute atomic E-state index is 0.278. The van der Waals surface area contributed by atoms with Gasteiger partial charge in [0.2, 0.25) is 0 Å². The van der Waals surface area contributed by atoms with Gasteiger partial charge in [0.15, 0.2) is 17.8 Å². The molecule has 1 atom stereocenters. The molecule has 0 amide bonds. The van der Waals surface area contributed by atoms with Crippen molar-refractivity contribution in [3.63, 3.8) is 0 Å². The van der Waals surface area contributed by atoms with E-state index in [2.05, 4.69) is 72.5 Å². The Balaban J connectivity index is 0.000000754. The summed E-state index contributed by atoms with van der Waals surface area (Å²) in [6.45, 7) is 7.90. The van der Waals surface area contributed by atoms with Crippen molar-refractivity contribution in [1.29, 1.82) is 0 Å². The summed E-state index contributed by atoms with van der Waals surface area (Å²) < 4.78 is 0. The van der Waals surface area contributed by atoms with Crippen LogP contribution in [0, 0.1) is 17.8 Å². The van der Waals surface area contributed by atoms with Crippen LogP contribution in [-0.2, 0) is 19.6 Å². The number of aliphatic hydroxyl groups excluding tert-OH is 2. The molecular formula is C36H48O8. The molecule has 8 nitrogen and oxygen atoms in total. The lowest BCUT2D eigenvalue weighted by molar-refractivity contribution is -0.453. The number of hydrogen-bond donors (Lipinski definition) is 2. The molecule has 2 aliphatic carbocycles. The Hall–Kier alpha value is -3.85. The summed E-state index contributed by atoms with van der Waals surface area (Å²) in [7, 11) is 2.85. The Morgan fingerprint density at radius 2 is 1.52 bits per heavy atom. The van der Waals surface area contributed by atoms with E-state index in [0.29, 0.717) is 11.5 Å². The van der Waals surface area contributed by atoms with E-state index >= 15 is 0 Å². The first-order valence-electron chi connectivity index (χ1n) is 15.1. The van der Waals surface area contributed by atoms with Crippen molar-refractivity contribution in [3.8, 4) is 22.6 Å². The monoisotopic (exact) mass is 608 g/mol. The first-order valence-corrected chi connectivity index (χ1v) is 15.1. The van der Waals surface area contributed by atoms with Crippen LogP contribution in [-0.4, -0.2) is 30.7 Å². The normalized spacial score (nSPS) is 19.3. The van der Waals surface area contributed by atoms with E-state index in [1.165, 1.54) is 83.1 Å². The molecule has 0 radical (unpaired) electrons. The van der Waals surface area contributed by atoms with Crippen LogP contribution in [0.1, 0.15) is 70.3 Å². The Labute approximate surface area is 262 Å². The van der Waals surface area contributed by atoms with Crippen LogP contribution < -0.4 is 9.78 Å². The minimum atomic E-state index is -0.426. The molecule has 240 valence electrons.